The number of rotatable bonds is 11. The van der Waals surface area contributed by atoms with Gasteiger partial charge in [-0.2, -0.15) is 0 Å². The number of aliphatic hydroxyl groups is 3. The SMILES string of the molecule is C[PH](=O)C(F)C[C@@H](O)[C@@H](O)[C@@H](O)CN(C=O)OCc1ccccc1. The normalized spacial score (nSPS) is 17.5. The molecule has 1 aromatic carbocycles. The van der Waals surface area contributed by atoms with Gasteiger partial charge in [0.15, 0.2) is 5.91 Å². The molecule has 0 fully saturated rings. The van der Waals surface area contributed by atoms with Gasteiger partial charge in [-0.15, -0.1) is 0 Å². The number of benzene rings is 1. The van der Waals surface area contributed by atoms with Gasteiger partial charge in [0, 0.05) is 6.42 Å². The van der Waals surface area contributed by atoms with E-state index in [1.807, 2.05) is 6.07 Å². The first-order valence-corrected chi connectivity index (χ1v) is 9.41. The highest BCUT2D eigenvalue weighted by atomic mass is 31.1. The molecule has 5 atom stereocenters. The monoisotopic (exact) mass is 363 g/mol. The Bertz CT molecular complexity index is 520. The van der Waals surface area contributed by atoms with Gasteiger partial charge in [-0.3, -0.25) is 9.63 Å². The zero-order valence-electron chi connectivity index (χ0n) is 13.3. The highest BCUT2D eigenvalue weighted by Gasteiger charge is 2.29. The maximum absolute atomic E-state index is 13.3. The molecule has 9 heteroatoms. The smallest absolute Gasteiger partial charge is 0.233 e. The third kappa shape index (κ3) is 7.07. The molecule has 1 amide bonds. The molecule has 24 heavy (non-hydrogen) atoms. The molecule has 3 N–H and O–H groups in total. The Morgan fingerprint density at radius 3 is 2.42 bits per heavy atom. The van der Waals surface area contributed by atoms with Crippen LogP contribution in [0.3, 0.4) is 0 Å². The van der Waals surface area contributed by atoms with Gasteiger partial charge in [-0.1, -0.05) is 30.3 Å². The molecule has 0 aliphatic rings. The Kier molecular flexibility index (Phi) is 9.10. The Morgan fingerprint density at radius 2 is 1.88 bits per heavy atom. The van der Waals surface area contributed by atoms with E-state index in [1.54, 1.807) is 24.3 Å². The van der Waals surface area contributed by atoms with E-state index in [1.165, 1.54) is 6.66 Å². The zero-order valence-corrected chi connectivity index (χ0v) is 14.3. The number of nitrogens with zero attached hydrogens (tertiary/aromatic N) is 1. The van der Waals surface area contributed by atoms with Crippen molar-refractivity contribution in [2.24, 2.45) is 0 Å². The molecule has 1 aromatic rings. The van der Waals surface area contributed by atoms with E-state index in [2.05, 4.69) is 0 Å². The Balaban J connectivity index is 2.48. The van der Waals surface area contributed by atoms with E-state index in [4.69, 9.17) is 4.84 Å². The molecule has 0 aliphatic heterocycles. The highest BCUT2D eigenvalue weighted by molar-refractivity contribution is 7.44. The Hall–Kier alpha value is -1.31. The lowest BCUT2D eigenvalue weighted by molar-refractivity contribution is -0.192. The van der Waals surface area contributed by atoms with E-state index < -0.39 is 45.0 Å². The summed E-state index contributed by atoms with van der Waals surface area (Å²) >= 11 is 0. The van der Waals surface area contributed by atoms with Crippen LogP contribution in [-0.4, -0.2) is 64.2 Å². The fraction of sp³-hybridized carbons (Fsp3) is 0.533. The molecule has 0 bridgehead atoms. The van der Waals surface area contributed by atoms with Crippen LogP contribution in [0.2, 0.25) is 0 Å². The van der Waals surface area contributed by atoms with Crippen LogP contribution in [0.1, 0.15) is 12.0 Å². The summed E-state index contributed by atoms with van der Waals surface area (Å²) in [7, 11) is -2.49. The summed E-state index contributed by atoms with van der Waals surface area (Å²) in [5, 5.41) is 30.1. The van der Waals surface area contributed by atoms with Crippen molar-refractivity contribution in [3.8, 4) is 0 Å². The summed E-state index contributed by atoms with van der Waals surface area (Å²) in [4.78, 5) is 16.2. The zero-order chi connectivity index (χ0) is 18.1. The number of amides is 1. The summed E-state index contributed by atoms with van der Waals surface area (Å²) in [6, 6.07) is 8.99. The van der Waals surface area contributed by atoms with Crippen molar-refractivity contribution in [3.05, 3.63) is 35.9 Å². The van der Waals surface area contributed by atoms with Crippen LogP contribution in [0, 0.1) is 0 Å². The van der Waals surface area contributed by atoms with Crippen LogP contribution in [0.4, 0.5) is 4.39 Å². The number of carbonyl (C=O) groups excluding carboxylic acids is 1. The molecule has 136 valence electrons. The third-order valence-electron chi connectivity index (χ3n) is 3.40. The van der Waals surface area contributed by atoms with Gasteiger partial charge in [0.1, 0.15) is 26.6 Å². The summed E-state index contributed by atoms with van der Waals surface area (Å²) in [6.07, 6.45) is -5.08. The van der Waals surface area contributed by atoms with Crippen molar-refractivity contribution in [2.75, 3.05) is 13.2 Å². The van der Waals surface area contributed by atoms with E-state index in [0.29, 0.717) is 6.41 Å². The van der Waals surface area contributed by atoms with Crippen molar-refractivity contribution >= 4 is 14.2 Å². The van der Waals surface area contributed by atoms with E-state index in [-0.39, 0.29) is 6.61 Å². The lowest BCUT2D eigenvalue weighted by Gasteiger charge is -2.26. The van der Waals surface area contributed by atoms with Gasteiger partial charge in [-0.05, 0) is 12.2 Å². The van der Waals surface area contributed by atoms with Crippen molar-refractivity contribution < 1.29 is 33.9 Å². The van der Waals surface area contributed by atoms with Crippen LogP contribution < -0.4 is 0 Å². The Morgan fingerprint density at radius 1 is 1.25 bits per heavy atom. The third-order valence-corrected chi connectivity index (χ3v) is 4.52. The maximum atomic E-state index is 13.3. The van der Waals surface area contributed by atoms with Crippen molar-refractivity contribution in [3.63, 3.8) is 0 Å². The molecule has 0 spiro atoms. The number of halogens is 1. The molecule has 2 unspecified atom stereocenters. The van der Waals surface area contributed by atoms with E-state index >= 15 is 0 Å². The quantitative estimate of drug-likeness (QED) is 0.301. The number of alkyl halides is 1. The van der Waals surface area contributed by atoms with Gasteiger partial charge < -0.3 is 19.9 Å². The summed E-state index contributed by atoms with van der Waals surface area (Å²) in [6.45, 7) is 0.874. The van der Waals surface area contributed by atoms with Crippen LogP contribution in [0.15, 0.2) is 30.3 Å². The minimum Gasteiger partial charge on any atom is -0.390 e. The van der Waals surface area contributed by atoms with Gasteiger partial charge in [0.25, 0.3) is 0 Å². The number of carbonyl (C=O) groups is 1. The van der Waals surface area contributed by atoms with Crippen molar-refractivity contribution in [1.82, 2.24) is 5.06 Å². The second-order valence-electron chi connectivity index (χ2n) is 5.40. The lowest BCUT2D eigenvalue weighted by Crippen LogP contribution is -2.45. The van der Waals surface area contributed by atoms with Gasteiger partial charge in [0.05, 0.1) is 12.6 Å². The van der Waals surface area contributed by atoms with Gasteiger partial charge in [-0.25, -0.2) is 9.45 Å². The molecule has 0 saturated carbocycles. The summed E-state index contributed by atoms with van der Waals surface area (Å²) < 4.78 is 24.3. The highest BCUT2D eigenvalue weighted by Crippen LogP contribution is 2.28. The molecule has 0 aromatic heterocycles. The molecule has 0 radical (unpaired) electrons. The lowest BCUT2D eigenvalue weighted by atomic mass is 10.1. The molecule has 1 rings (SSSR count). The van der Waals surface area contributed by atoms with E-state index in [9.17, 15) is 29.1 Å². The molecule has 0 aliphatic carbocycles. The fourth-order valence-corrected chi connectivity index (χ4v) is 2.50. The molecular formula is C15H23FNO6P. The van der Waals surface area contributed by atoms with Gasteiger partial charge >= 0.3 is 0 Å². The van der Waals surface area contributed by atoms with Crippen molar-refractivity contribution in [2.45, 2.75) is 37.3 Å². The second kappa shape index (κ2) is 10.5. The molecule has 0 saturated heterocycles. The molecule has 0 heterocycles. The van der Waals surface area contributed by atoms with E-state index in [0.717, 1.165) is 10.6 Å². The average Bonchev–Trinajstić information content (AvgIpc) is 2.58. The van der Waals surface area contributed by atoms with Crippen LogP contribution in [-0.2, 0) is 20.8 Å². The Labute approximate surface area is 140 Å². The van der Waals surface area contributed by atoms with Gasteiger partial charge in [0.2, 0.25) is 6.41 Å². The first-order valence-electron chi connectivity index (χ1n) is 7.42. The number of hydrogen-bond acceptors (Lipinski definition) is 6. The summed E-state index contributed by atoms with van der Waals surface area (Å²) in [5.41, 5.74) is 0.799. The number of aliphatic hydroxyl groups excluding tert-OH is 3. The minimum atomic E-state index is -2.49. The first kappa shape index (κ1) is 20.7. The van der Waals surface area contributed by atoms with Crippen LogP contribution in [0.25, 0.3) is 0 Å². The standard InChI is InChI=1S/C15H23FNO6P/c1-24(22)14(16)7-12(19)15(21)13(20)8-17(10-18)23-9-11-5-3-2-4-6-11/h2-6,10,12-15,19-21,24H,7-9H2,1H3/t12-,13+,14?,15-/m1/s1. The predicted molar refractivity (Wildman–Crippen MR) is 86.5 cm³/mol. The number of hydroxylamine groups is 2. The largest absolute Gasteiger partial charge is 0.390 e. The van der Waals surface area contributed by atoms with Crippen molar-refractivity contribution in [1.29, 1.82) is 0 Å². The predicted octanol–water partition coefficient (Wildman–Crippen LogP) is 0.534. The van der Waals surface area contributed by atoms with Crippen LogP contribution >= 0.6 is 7.80 Å². The van der Waals surface area contributed by atoms with Crippen LogP contribution in [0.5, 0.6) is 0 Å². The molecular weight excluding hydrogens is 340 g/mol. The topological polar surface area (TPSA) is 107 Å². The molecule has 7 nitrogen and oxygen atoms in total. The summed E-state index contributed by atoms with van der Waals surface area (Å²) in [5.74, 6) is -1.75. The maximum Gasteiger partial charge on any atom is 0.233 e. The fourth-order valence-electron chi connectivity index (χ4n) is 1.92. The first-order chi connectivity index (χ1) is 11.3. The second-order valence-corrected chi connectivity index (χ2v) is 7.25. The minimum absolute atomic E-state index is 0.0787. The average molecular weight is 363 g/mol. The number of hydrogen-bond donors (Lipinski definition) is 3.